The first-order valence-corrected chi connectivity index (χ1v) is 14.2. The van der Waals surface area contributed by atoms with Crippen molar-refractivity contribution < 1.29 is 28.9 Å². The summed E-state index contributed by atoms with van der Waals surface area (Å²) in [6.45, 7) is 6.23. The van der Waals surface area contributed by atoms with Crippen molar-refractivity contribution in [3.63, 3.8) is 0 Å². The summed E-state index contributed by atoms with van der Waals surface area (Å²) in [4.78, 5) is 34.8. The van der Waals surface area contributed by atoms with Gasteiger partial charge in [-0.15, -0.1) is 11.3 Å². The molecule has 208 valence electrons. The van der Waals surface area contributed by atoms with E-state index in [0.717, 1.165) is 32.7 Å². The lowest BCUT2D eigenvalue weighted by Gasteiger charge is -2.18. The standard InChI is InChI=1S/C31H32N2O6S/c1-17(2)25-16-40-29(33-25)24-14-27(21-10-11-26(37-4)18(3)28(21)32-24)39-20-12-22(30(34)35)23(13-20)31(36)38-15-19-8-6-5-7-9-19/h5-11,14,16-17,20,22-23H,12-13,15H2,1-4H3,(H,34,35)/t20-,22-,23-/m1/s1. The normalized spacial score (nSPS) is 18.7. The summed E-state index contributed by atoms with van der Waals surface area (Å²) in [5.41, 5.74) is 4.09. The van der Waals surface area contributed by atoms with Crippen molar-refractivity contribution in [2.24, 2.45) is 11.8 Å². The fourth-order valence-electron chi connectivity index (χ4n) is 5.11. The molecule has 2 aromatic carbocycles. The van der Waals surface area contributed by atoms with E-state index in [1.54, 1.807) is 7.11 Å². The molecule has 1 N–H and O–H groups in total. The van der Waals surface area contributed by atoms with Crippen molar-refractivity contribution in [2.45, 2.75) is 52.2 Å². The molecule has 1 fully saturated rings. The van der Waals surface area contributed by atoms with E-state index in [0.29, 0.717) is 17.2 Å². The third kappa shape index (κ3) is 5.65. The summed E-state index contributed by atoms with van der Waals surface area (Å²) < 4.78 is 17.5. The molecular weight excluding hydrogens is 528 g/mol. The number of carbonyl (C=O) groups excluding carboxylic acids is 1. The van der Waals surface area contributed by atoms with Crippen LogP contribution in [0.5, 0.6) is 11.5 Å². The highest BCUT2D eigenvalue weighted by atomic mass is 32.1. The molecule has 4 aromatic rings. The number of carboxylic acid groups (broad SMARTS) is 1. The van der Waals surface area contributed by atoms with Crippen LogP contribution in [0.2, 0.25) is 0 Å². The highest BCUT2D eigenvalue weighted by Gasteiger charge is 2.45. The first kappa shape index (κ1) is 27.6. The lowest BCUT2D eigenvalue weighted by Crippen LogP contribution is -2.26. The average molecular weight is 561 g/mol. The maximum atomic E-state index is 13.0. The Morgan fingerprint density at radius 2 is 1.80 bits per heavy atom. The number of ether oxygens (including phenoxy) is 3. The van der Waals surface area contributed by atoms with Crippen molar-refractivity contribution in [1.29, 1.82) is 0 Å². The summed E-state index contributed by atoms with van der Waals surface area (Å²) in [7, 11) is 1.62. The molecule has 0 radical (unpaired) electrons. The van der Waals surface area contributed by atoms with E-state index >= 15 is 0 Å². The molecule has 40 heavy (non-hydrogen) atoms. The second-order valence-corrected chi connectivity index (χ2v) is 11.2. The number of thiazole rings is 1. The number of hydrogen-bond acceptors (Lipinski definition) is 8. The minimum atomic E-state index is -1.03. The number of carbonyl (C=O) groups is 2. The summed E-state index contributed by atoms with van der Waals surface area (Å²) in [5.74, 6) is -1.68. The first-order chi connectivity index (χ1) is 19.2. The second kappa shape index (κ2) is 11.6. The monoisotopic (exact) mass is 560 g/mol. The van der Waals surface area contributed by atoms with Gasteiger partial charge in [0.25, 0.3) is 0 Å². The van der Waals surface area contributed by atoms with Gasteiger partial charge in [-0.3, -0.25) is 9.59 Å². The van der Waals surface area contributed by atoms with Gasteiger partial charge in [0.2, 0.25) is 0 Å². The molecule has 0 bridgehead atoms. The van der Waals surface area contributed by atoms with Crippen molar-refractivity contribution in [2.75, 3.05) is 7.11 Å². The smallest absolute Gasteiger partial charge is 0.310 e. The number of pyridine rings is 1. The van der Waals surface area contributed by atoms with Crippen molar-refractivity contribution in [3.8, 4) is 22.2 Å². The zero-order chi connectivity index (χ0) is 28.4. The largest absolute Gasteiger partial charge is 0.496 e. The Balaban J connectivity index is 1.44. The molecule has 0 aliphatic heterocycles. The molecule has 0 amide bonds. The Morgan fingerprint density at radius 1 is 1.05 bits per heavy atom. The molecule has 1 aliphatic carbocycles. The van der Waals surface area contributed by atoms with E-state index < -0.39 is 29.9 Å². The number of aryl methyl sites for hydroxylation is 1. The van der Waals surface area contributed by atoms with Crippen molar-refractivity contribution >= 4 is 34.2 Å². The zero-order valence-corrected chi connectivity index (χ0v) is 23.7. The summed E-state index contributed by atoms with van der Waals surface area (Å²) in [5, 5.41) is 13.5. The van der Waals surface area contributed by atoms with Crippen LogP contribution in [0.3, 0.4) is 0 Å². The van der Waals surface area contributed by atoms with Crippen LogP contribution in [-0.4, -0.2) is 40.2 Å². The fraction of sp³-hybridized carbons (Fsp3) is 0.355. The maximum absolute atomic E-state index is 13.0. The summed E-state index contributed by atoms with van der Waals surface area (Å²) in [6, 6.07) is 14.9. The van der Waals surface area contributed by atoms with E-state index in [1.165, 1.54) is 11.3 Å². The van der Waals surface area contributed by atoms with Gasteiger partial charge in [0.15, 0.2) is 0 Å². The molecule has 1 saturated carbocycles. The topological polar surface area (TPSA) is 108 Å². The number of aromatic nitrogens is 2. The quantitative estimate of drug-likeness (QED) is 0.234. The number of rotatable bonds is 9. The first-order valence-electron chi connectivity index (χ1n) is 13.3. The predicted octanol–water partition coefficient (Wildman–Crippen LogP) is 6.40. The minimum Gasteiger partial charge on any atom is -0.496 e. The van der Waals surface area contributed by atoms with E-state index in [1.807, 2.05) is 60.8 Å². The van der Waals surface area contributed by atoms with E-state index in [4.69, 9.17) is 24.2 Å². The van der Waals surface area contributed by atoms with Crippen LogP contribution in [0.25, 0.3) is 21.6 Å². The molecule has 0 unspecified atom stereocenters. The molecule has 2 aromatic heterocycles. The van der Waals surface area contributed by atoms with Crippen LogP contribution < -0.4 is 9.47 Å². The van der Waals surface area contributed by atoms with Gasteiger partial charge in [-0.2, -0.15) is 0 Å². The van der Waals surface area contributed by atoms with Crippen LogP contribution in [-0.2, 0) is 20.9 Å². The highest BCUT2D eigenvalue weighted by Crippen LogP contribution is 2.40. The molecule has 5 rings (SSSR count). The third-order valence-corrected chi connectivity index (χ3v) is 8.24. The van der Waals surface area contributed by atoms with Gasteiger partial charge in [0.1, 0.15) is 34.9 Å². The van der Waals surface area contributed by atoms with Gasteiger partial charge >= 0.3 is 11.9 Å². The van der Waals surface area contributed by atoms with E-state index in [-0.39, 0.29) is 25.4 Å². The van der Waals surface area contributed by atoms with Crippen LogP contribution in [0.15, 0.2) is 53.9 Å². The van der Waals surface area contributed by atoms with Crippen LogP contribution >= 0.6 is 11.3 Å². The molecule has 8 nitrogen and oxygen atoms in total. The SMILES string of the molecule is COc1ccc2c(O[C@@H]3C[C@@H](C(=O)O)[C@H](C(=O)OCc4ccccc4)C3)cc(-c3nc(C(C)C)cs3)nc2c1C. The number of nitrogens with zero attached hydrogens (tertiary/aromatic N) is 2. The van der Waals surface area contributed by atoms with Gasteiger partial charge in [0, 0.05) is 22.4 Å². The maximum Gasteiger partial charge on any atom is 0.310 e. The Labute approximate surface area is 237 Å². The Morgan fingerprint density at radius 3 is 2.48 bits per heavy atom. The molecular formula is C31H32N2O6S. The number of esters is 1. The molecule has 3 atom stereocenters. The Hall–Kier alpha value is -3.98. The molecule has 0 saturated heterocycles. The zero-order valence-electron chi connectivity index (χ0n) is 22.9. The van der Waals surface area contributed by atoms with Crippen LogP contribution in [0, 0.1) is 18.8 Å². The van der Waals surface area contributed by atoms with Crippen LogP contribution in [0.1, 0.15) is 49.4 Å². The van der Waals surface area contributed by atoms with E-state index in [2.05, 4.69) is 13.8 Å². The predicted molar refractivity (Wildman–Crippen MR) is 153 cm³/mol. The molecule has 2 heterocycles. The van der Waals surface area contributed by atoms with Crippen LogP contribution in [0.4, 0.5) is 0 Å². The number of benzene rings is 2. The average Bonchev–Trinajstić information content (AvgIpc) is 3.61. The molecule has 1 aliphatic rings. The number of fused-ring (bicyclic) bond motifs is 1. The number of aliphatic carboxylic acids is 1. The lowest BCUT2D eigenvalue weighted by molar-refractivity contribution is -0.157. The number of carboxylic acids is 1. The third-order valence-electron chi connectivity index (χ3n) is 7.36. The van der Waals surface area contributed by atoms with Gasteiger partial charge in [-0.1, -0.05) is 44.2 Å². The van der Waals surface area contributed by atoms with Crippen molar-refractivity contribution in [1.82, 2.24) is 9.97 Å². The minimum absolute atomic E-state index is 0.0969. The Kier molecular flexibility index (Phi) is 8.02. The van der Waals surface area contributed by atoms with E-state index in [9.17, 15) is 14.7 Å². The highest BCUT2D eigenvalue weighted by molar-refractivity contribution is 7.13. The summed E-state index contributed by atoms with van der Waals surface area (Å²) >= 11 is 1.52. The fourth-order valence-corrected chi connectivity index (χ4v) is 6.05. The van der Waals surface area contributed by atoms with Gasteiger partial charge < -0.3 is 19.3 Å². The summed E-state index contributed by atoms with van der Waals surface area (Å²) in [6.07, 6.45) is -0.0457. The number of hydrogen-bond donors (Lipinski definition) is 1. The second-order valence-electron chi connectivity index (χ2n) is 10.4. The van der Waals surface area contributed by atoms with Gasteiger partial charge in [-0.05, 0) is 43.4 Å². The van der Waals surface area contributed by atoms with Gasteiger partial charge in [0.05, 0.1) is 30.2 Å². The lowest BCUT2D eigenvalue weighted by atomic mass is 9.96. The van der Waals surface area contributed by atoms with Gasteiger partial charge in [-0.25, -0.2) is 9.97 Å². The molecule has 9 heteroatoms. The molecule has 0 spiro atoms. The number of methoxy groups -OCH3 is 1. The Bertz CT molecular complexity index is 1530. The van der Waals surface area contributed by atoms with Crippen molar-refractivity contribution in [3.05, 3.63) is 70.7 Å².